The summed E-state index contributed by atoms with van der Waals surface area (Å²) in [6.45, 7) is 0.986. The molecule has 4 unspecified atom stereocenters. The topological polar surface area (TPSA) is 304 Å². The van der Waals surface area contributed by atoms with E-state index in [-0.39, 0.29) is 38.2 Å². The van der Waals surface area contributed by atoms with E-state index in [4.69, 9.17) is 33.8 Å². The molecule has 4 atom stereocenters. The average molecular weight is 560 g/mol. The third kappa shape index (κ3) is 16.9. The number of unbranched alkanes of at least 4 members (excludes halogenated alkanes) is 2. The number of aliphatic imine (C=N–C) groups is 1. The minimum absolute atomic E-state index is 0.0867. The summed E-state index contributed by atoms with van der Waals surface area (Å²) >= 11 is 0. The van der Waals surface area contributed by atoms with E-state index in [2.05, 4.69) is 20.9 Å². The maximum Gasteiger partial charge on any atom is 0.326 e. The second-order valence-electron chi connectivity index (χ2n) is 9.08. The molecule has 0 saturated carbocycles. The van der Waals surface area contributed by atoms with Gasteiger partial charge in [-0.1, -0.05) is 0 Å². The smallest absolute Gasteiger partial charge is 0.326 e. The van der Waals surface area contributed by atoms with Crippen LogP contribution in [0.3, 0.4) is 0 Å². The number of carboxylic acids is 2. The Morgan fingerprint density at radius 1 is 0.667 bits per heavy atom. The zero-order valence-electron chi connectivity index (χ0n) is 22.3. The number of guanidine groups is 1. The highest BCUT2D eigenvalue weighted by atomic mass is 16.4. The van der Waals surface area contributed by atoms with Gasteiger partial charge in [0.05, 0.1) is 6.04 Å². The van der Waals surface area contributed by atoms with E-state index in [9.17, 15) is 29.1 Å². The minimum atomic E-state index is -1.35. The van der Waals surface area contributed by atoms with Gasteiger partial charge in [-0.05, 0) is 70.9 Å². The fourth-order valence-corrected chi connectivity index (χ4v) is 3.52. The third-order valence-electron chi connectivity index (χ3n) is 5.73. The summed E-state index contributed by atoms with van der Waals surface area (Å²) < 4.78 is 0. The Hall–Kier alpha value is -3.50. The number of carbonyl (C=O) groups is 5. The van der Waals surface area contributed by atoms with Gasteiger partial charge in [0.2, 0.25) is 17.7 Å². The van der Waals surface area contributed by atoms with Gasteiger partial charge in [-0.25, -0.2) is 4.79 Å². The fourth-order valence-electron chi connectivity index (χ4n) is 3.52. The van der Waals surface area contributed by atoms with E-state index in [0.29, 0.717) is 45.2 Å². The number of hydrogen-bond donors (Lipinski definition) is 10. The van der Waals surface area contributed by atoms with Crippen LogP contribution in [0.4, 0.5) is 0 Å². The molecule has 0 rings (SSSR count). The Kier molecular flexibility index (Phi) is 18.6. The Morgan fingerprint density at radius 3 is 1.64 bits per heavy atom. The molecule has 16 heteroatoms. The molecule has 0 spiro atoms. The number of carboxylic acid groups (broad SMARTS) is 2. The summed E-state index contributed by atoms with van der Waals surface area (Å²) in [5.41, 5.74) is 27.4. The molecule has 0 radical (unpaired) electrons. The van der Waals surface area contributed by atoms with Crippen LogP contribution in [0.1, 0.15) is 64.2 Å². The molecule has 0 aliphatic heterocycles. The van der Waals surface area contributed by atoms with Crippen molar-refractivity contribution in [3.8, 4) is 0 Å². The van der Waals surface area contributed by atoms with Gasteiger partial charge in [-0.3, -0.25) is 24.2 Å². The van der Waals surface area contributed by atoms with Crippen molar-refractivity contribution in [2.45, 2.75) is 88.4 Å². The number of hydrogen-bond acceptors (Lipinski definition) is 9. The number of amides is 3. The lowest BCUT2D eigenvalue weighted by atomic mass is 10.0. The summed E-state index contributed by atoms with van der Waals surface area (Å²) in [5.74, 6) is -4.77. The number of nitrogens with one attached hydrogen (secondary N) is 3. The van der Waals surface area contributed by atoms with Crippen molar-refractivity contribution >= 4 is 35.6 Å². The fraction of sp³-hybridized carbons (Fsp3) is 0.739. The molecule has 0 aromatic heterocycles. The zero-order valence-corrected chi connectivity index (χ0v) is 22.3. The van der Waals surface area contributed by atoms with Gasteiger partial charge in [-0.15, -0.1) is 0 Å². The molecule has 0 saturated heterocycles. The first kappa shape index (κ1) is 35.5. The van der Waals surface area contributed by atoms with Crippen LogP contribution < -0.4 is 44.6 Å². The molecular formula is C23H45N9O7. The number of nitrogens with two attached hydrogens (primary N) is 5. The molecule has 0 aromatic carbocycles. The SMILES string of the molecule is NCCCCC(NC(=O)C(CCC(=O)O)NC(=O)C(CCCCN)NC(=O)C(N)CCCN=C(N)N)C(=O)O. The quantitative estimate of drug-likeness (QED) is 0.0361. The highest BCUT2D eigenvalue weighted by Gasteiger charge is 2.30. The van der Waals surface area contributed by atoms with Crippen molar-refractivity contribution in [2.24, 2.45) is 33.7 Å². The van der Waals surface area contributed by atoms with Crippen molar-refractivity contribution in [1.82, 2.24) is 16.0 Å². The van der Waals surface area contributed by atoms with Gasteiger partial charge < -0.3 is 54.8 Å². The van der Waals surface area contributed by atoms with Crippen LogP contribution in [0.15, 0.2) is 4.99 Å². The molecule has 39 heavy (non-hydrogen) atoms. The van der Waals surface area contributed by atoms with Crippen molar-refractivity contribution < 1.29 is 34.2 Å². The van der Waals surface area contributed by atoms with Crippen molar-refractivity contribution in [3.63, 3.8) is 0 Å². The predicted molar refractivity (Wildman–Crippen MR) is 144 cm³/mol. The van der Waals surface area contributed by atoms with Crippen LogP contribution >= 0.6 is 0 Å². The second-order valence-corrected chi connectivity index (χ2v) is 9.08. The van der Waals surface area contributed by atoms with E-state index >= 15 is 0 Å². The maximum atomic E-state index is 13.1. The molecule has 224 valence electrons. The molecule has 16 nitrogen and oxygen atoms in total. The van der Waals surface area contributed by atoms with Crippen LogP contribution in [0.5, 0.6) is 0 Å². The van der Waals surface area contributed by atoms with Crippen LogP contribution in [0, 0.1) is 0 Å². The molecule has 0 bridgehead atoms. The summed E-state index contributed by atoms with van der Waals surface area (Å²) in [5, 5.41) is 25.9. The first-order valence-electron chi connectivity index (χ1n) is 13.0. The standard InChI is InChI=1S/C23H45N9O7/c24-11-3-1-7-15(30-19(35)14(26)6-5-13-29-23(27)28)20(36)31-16(9-10-18(33)34)21(37)32-17(22(38)39)8-2-4-12-25/h14-17H,1-13,24-26H2,(H,30,35)(H,31,36)(H,32,37)(H,33,34)(H,38,39)(H4,27,28,29). The average Bonchev–Trinajstić information content (AvgIpc) is 2.87. The van der Waals surface area contributed by atoms with Gasteiger partial charge in [0.25, 0.3) is 0 Å². The van der Waals surface area contributed by atoms with Gasteiger partial charge >= 0.3 is 11.9 Å². The van der Waals surface area contributed by atoms with Crippen LogP contribution in [0.25, 0.3) is 0 Å². The lowest BCUT2D eigenvalue weighted by Gasteiger charge is -2.25. The number of rotatable bonds is 22. The largest absolute Gasteiger partial charge is 0.481 e. The predicted octanol–water partition coefficient (Wildman–Crippen LogP) is -2.97. The Morgan fingerprint density at radius 2 is 1.15 bits per heavy atom. The minimum Gasteiger partial charge on any atom is -0.481 e. The lowest BCUT2D eigenvalue weighted by molar-refractivity contribution is -0.143. The second kappa shape index (κ2) is 20.5. The van der Waals surface area contributed by atoms with Crippen LogP contribution in [0.2, 0.25) is 0 Å². The molecule has 0 aliphatic rings. The van der Waals surface area contributed by atoms with E-state index in [0.717, 1.165) is 0 Å². The third-order valence-corrected chi connectivity index (χ3v) is 5.73. The highest BCUT2D eigenvalue weighted by molar-refractivity contribution is 5.94. The van der Waals surface area contributed by atoms with Crippen LogP contribution in [-0.4, -0.2) is 89.6 Å². The summed E-state index contributed by atoms with van der Waals surface area (Å²) in [4.78, 5) is 65.2. The Bertz CT molecular complexity index is 822. The van der Waals surface area contributed by atoms with Gasteiger partial charge in [0.15, 0.2) is 5.96 Å². The van der Waals surface area contributed by atoms with E-state index in [1.807, 2.05) is 0 Å². The van der Waals surface area contributed by atoms with E-state index in [1.54, 1.807) is 0 Å². The Balaban J connectivity index is 5.49. The lowest BCUT2D eigenvalue weighted by Crippen LogP contribution is -2.57. The van der Waals surface area contributed by atoms with E-state index < -0.39 is 60.2 Å². The van der Waals surface area contributed by atoms with Gasteiger partial charge in [0.1, 0.15) is 18.1 Å². The first-order chi connectivity index (χ1) is 18.4. The molecule has 0 fully saturated rings. The number of carbonyl (C=O) groups excluding carboxylic acids is 3. The molecule has 3 amide bonds. The van der Waals surface area contributed by atoms with Crippen molar-refractivity contribution in [1.29, 1.82) is 0 Å². The molecule has 15 N–H and O–H groups in total. The molecule has 0 heterocycles. The summed E-state index contributed by atoms with van der Waals surface area (Å²) in [6.07, 6.45) is 2.23. The Labute approximate surface area is 227 Å². The van der Waals surface area contributed by atoms with Gasteiger partial charge in [-0.2, -0.15) is 0 Å². The highest BCUT2D eigenvalue weighted by Crippen LogP contribution is 2.07. The van der Waals surface area contributed by atoms with Crippen molar-refractivity contribution in [3.05, 3.63) is 0 Å². The van der Waals surface area contributed by atoms with Crippen LogP contribution in [-0.2, 0) is 24.0 Å². The summed E-state index contributed by atoms with van der Waals surface area (Å²) in [6, 6.07) is -4.65. The maximum absolute atomic E-state index is 13.1. The van der Waals surface area contributed by atoms with Crippen molar-refractivity contribution in [2.75, 3.05) is 19.6 Å². The van der Waals surface area contributed by atoms with Gasteiger partial charge in [0, 0.05) is 13.0 Å². The number of nitrogens with zero attached hydrogens (tertiary/aromatic N) is 1. The normalized spacial score (nSPS) is 13.8. The summed E-state index contributed by atoms with van der Waals surface area (Å²) in [7, 11) is 0. The monoisotopic (exact) mass is 559 g/mol. The molecular weight excluding hydrogens is 514 g/mol. The molecule has 0 aliphatic carbocycles. The first-order valence-corrected chi connectivity index (χ1v) is 13.0. The zero-order chi connectivity index (χ0) is 29.8. The number of aliphatic carboxylic acids is 2. The molecule has 0 aromatic rings. The van der Waals surface area contributed by atoms with E-state index in [1.165, 1.54) is 0 Å².